The van der Waals surface area contributed by atoms with Crippen molar-refractivity contribution in [1.29, 1.82) is 0 Å². The molecule has 1 radical (unpaired) electrons. The molecule has 0 saturated carbocycles. The summed E-state index contributed by atoms with van der Waals surface area (Å²) in [7, 11) is 0. The fourth-order valence-corrected chi connectivity index (χ4v) is 0.638. The van der Waals surface area contributed by atoms with Gasteiger partial charge in [0.2, 0.25) is 0 Å². The van der Waals surface area contributed by atoms with Gasteiger partial charge in [0.1, 0.15) is 0 Å². The fraction of sp³-hybridized carbons (Fsp3) is 0.714. The van der Waals surface area contributed by atoms with E-state index in [2.05, 4.69) is 11.7 Å². The van der Waals surface area contributed by atoms with Gasteiger partial charge in [0.15, 0.2) is 0 Å². The maximum atomic E-state index is 10.2. The minimum atomic E-state index is -0.0486. The fourth-order valence-electron chi connectivity index (χ4n) is 0.638. The first-order chi connectivity index (χ1) is 4.29. The van der Waals surface area contributed by atoms with Crippen LogP contribution in [0.25, 0.3) is 0 Å². The van der Waals surface area contributed by atoms with Crippen molar-refractivity contribution in [1.82, 2.24) is 0 Å². The molecular weight excluding hydrogens is 205 g/mol. The second kappa shape index (κ2) is 7.68. The van der Waals surface area contributed by atoms with E-state index in [1.54, 1.807) is 6.92 Å². The van der Waals surface area contributed by atoms with Crippen LogP contribution in [0.15, 0.2) is 0 Å². The maximum absolute atomic E-state index is 10.2. The Morgan fingerprint density at radius 3 is 2.20 bits per heavy atom. The number of hydrogen-bond acceptors (Lipinski definition) is 2. The summed E-state index contributed by atoms with van der Waals surface area (Å²) in [5.74, 6) is 0.403. The van der Waals surface area contributed by atoms with Gasteiger partial charge >= 0.3 is 5.97 Å². The number of ether oxygens (including phenoxy) is 1. The van der Waals surface area contributed by atoms with Crippen molar-refractivity contribution in [2.75, 3.05) is 6.61 Å². The molecule has 10 heavy (non-hydrogen) atoms. The van der Waals surface area contributed by atoms with Gasteiger partial charge in [-0.2, -0.15) is 6.92 Å². The Kier molecular flexibility index (Phi) is 10.1. The Labute approximate surface area is 87.6 Å². The Bertz CT molecular complexity index is 93.6. The summed E-state index contributed by atoms with van der Waals surface area (Å²) < 4.78 is 4.63. The molecule has 0 bridgehead atoms. The molecule has 1 saturated heterocycles. The van der Waals surface area contributed by atoms with Gasteiger partial charge in [-0.3, -0.25) is 4.79 Å². The number of carbonyl (C=O) groups is 1. The third kappa shape index (κ3) is 5.37. The van der Waals surface area contributed by atoms with Crippen molar-refractivity contribution >= 4 is 5.97 Å². The zero-order valence-corrected chi connectivity index (χ0v) is 9.43. The van der Waals surface area contributed by atoms with Crippen molar-refractivity contribution in [3.63, 3.8) is 0 Å². The van der Waals surface area contributed by atoms with Crippen LogP contribution in [0.1, 0.15) is 20.3 Å². The summed E-state index contributed by atoms with van der Waals surface area (Å²) in [6, 6.07) is 0. The van der Waals surface area contributed by atoms with Crippen LogP contribution in [0.3, 0.4) is 0 Å². The zero-order valence-electron chi connectivity index (χ0n) is 6.59. The van der Waals surface area contributed by atoms with Crippen LogP contribution < -0.4 is 0 Å². The smallest absolute Gasteiger partial charge is 0.306 e. The Balaban J connectivity index is 0. The van der Waals surface area contributed by atoms with E-state index < -0.39 is 0 Å². The van der Waals surface area contributed by atoms with Crippen molar-refractivity contribution in [2.24, 2.45) is 5.92 Å². The largest absolute Gasteiger partial charge is 0.465 e. The Hall–Kier alpha value is 0.574. The van der Waals surface area contributed by atoms with Crippen LogP contribution in [-0.2, 0) is 42.2 Å². The van der Waals surface area contributed by atoms with Crippen LogP contribution in [0.2, 0.25) is 0 Å². The number of hydrogen-bond donors (Lipinski definition) is 0. The van der Waals surface area contributed by atoms with Gasteiger partial charge in [0, 0.05) is 38.6 Å². The van der Waals surface area contributed by atoms with Crippen molar-refractivity contribution in [3.05, 3.63) is 6.92 Å². The molecule has 1 aliphatic heterocycles. The van der Waals surface area contributed by atoms with Gasteiger partial charge in [-0.15, -0.1) is 0 Å². The summed E-state index contributed by atoms with van der Waals surface area (Å²) >= 11 is 0. The molecule has 1 fully saturated rings. The molecule has 0 aromatic carbocycles. The average molecular weight is 218 g/mol. The molecule has 1 heterocycles. The number of rotatable bonds is 0. The third-order valence-corrected chi connectivity index (χ3v) is 1.04. The predicted octanol–water partition coefficient (Wildman–Crippen LogP) is 1.41. The van der Waals surface area contributed by atoms with Gasteiger partial charge in [0.05, 0.1) is 13.0 Å². The molecule has 0 aromatic heterocycles. The molecule has 3 heteroatoms. The van der Waals surface area contributed by atoms with Crippen LogP contribution in [0.5, 0.6) is 0 Å². The molecule has 0 amide bonds. The van der Waals surface area contributed by atoms with Crippen LogP contribution in [0, 0.1) is 12.8 Å². The van der Waals surface area contributed by atoms with E-state index in [1.165, 1.54) is 0 Å². The normalized spacial score (nSPS) is 21.9. The molecule has 0 N–H and O–H groups in total. The molecule has 1 atom stereocenters. The molecule has 0 aliphatic carbocycles. The summed E-state index contributed by atoms with van der Waals surface area (Å²) in [6.45, 7) is 7.63. The summed E-state index contributed by atoms with van der Waals surface area (Å²) in [6.07, 6.45) is 0.611. The van der Waals surface area contributed by atoms with E-state index in [-0.39, 0.29) is 38.7 Å². The molecule has 1 rings (SSSR count). The first kappa shape index (κ1) is 13.2. The Morgan fingerprint density at radius 1 is 1.60 bits per heavy atom. The van der Waals surface area contributed by atoms with E-state index in [1.807, 2.05) is 6.92 Å². The van der Waals surface area contributed by atoms with E-state index in [4.69, 9.17) is 0 Å². The minimum Gasteiger partial charge on any atom is -0.465 e. The zero-order chi connectivity index (χ0) is 7.28. The monoisotopic (exact) mass is 218 g/mol. The number of cyclic esters (lactones) is 1. The minimum absolute atomic E-state index is 0. The van der Waals surface area contributed by atoms with Crippen molar-refractivity contribution in [3.8, 4) is 0 Å². The quantitative estimate of drug-likeness (QED) is 0.454. The second-order valence-corrected chi connectivity index (χ2v) is 1.99. The standard InChI is InChI=1S/C5H8O2.C2H5.Y/c1-4-2-5(6)7-3-4;1-2;/h4H,2-3H2,1H3;1H2,2H3;/q;-1;. The molecule has 0 spiro atoms. The molecule has 2 nitrogen and oxygen atoms in total. The molecule has 0 aromatic rings. The Morgan fingerprint density at radius 2 is 2.10 bits per heavy atom. The van der Waals surface area contributed by atoms with Gasteiger partial charge in [-0.05, 0) is 0 Å². The van der Waals surface area contributed by atoms with E-state index >= 15 is 0 Å². The van der Waals surface area contributed by atoms with Gasteiger partial charge in [0.25, 0.3) is 0 Å². The molecule has 1 unspecified atom stereocenters. The van der Waals surface area contributed by atoms with Crippen LogP contribution >= 0.6 is 0 Å². The molecule has 57 valence electrons. The third-order valence-electron chi connectivity index (χ3n) is 1.04. The van der Waals surface area contributed by atoms with E-state index in [0.29, 0.717) is 18.9 Å². The number of esters is 1. The first-order valence-corrected chi connectivity index (χ1v) is 3.15. The van der Waals surface area contributed by atoms with Gasteiger partial charge < -0.3 is 11.7 Å². The molecular formula is C7H13O2Y-. The van der Waals surface area contributed by atoms with Crippen molar-refractivity contribution in [2.45, 2.75) is 20.3 Å². The van der Waals surface area contributed by atoms with Gasteiger partial charge in [-0.1, -0.05) is 6.92 Å². The second-order valence-electron chi connectivity index (χ2n) is 1.99. The SMILES string of the molecule is CC1COC(=O)C1.[CH2-]C.[Y]. The number of carbonyl (C=O) groups excluding carboxylic acids is 1. The average Bonchev–Trinajstić information content (AvgIpc) is 2.20. The topological polar surface area (TPSA) is 26.3 Å². The molecule has 1 aliphatic rings. The van der Waals surface area contributed by atoms with Crippen molar-refractivity contribution < 1.29 is 42.2 Å². The van der Waals surface area contributed by atoms with E-state index in [0.717, 1.165) is 0 Å². The first-order valence-electron chi connectivity index (χ1n) is 3.15. The van der Waals surface area contributed by atoms with E-state index in [9.17, 15) is 4.79 Å². The predicted molar refractivity (Wildman–Crippen MR) is 35.8 cm³/mol. The maximum Gasteiger partial charge on any atom is 0.306 e. The van der Waals surface area contributed by atoms with Crippen LogP contribution in [-0.4, -0.2) is 12.6 Å². The van der Waals surface area contributed by atoms with Crippen LogP contribution in [0.4, 0.5) is 0 Å². The summed E-state index contributed by atoms with van der Waals surface area (Å²) in [5, 5.41) is 0. The summed E-state index contributed by atoms with van der Waals surface area (Å²) in [4.78, 5) is 10.2. The van der Waals surface area contributed by atoms with Gasteiger partial charge in [-0.25, -0.2) is 0 Å². The summed E-state index contributed by atoms with van der Waals surface area (Å²) in [5.41, 5.74) is 0.